The number of hydrogen-bond donors (Lipinski definition) is 1. The second kappa shape index (κ2) is 7.89. The molecule has 1 aliphatic heterocycles. The number of benzene rings is 2. The number of methoxy groups -OCH3 is 2. The van der Waals surface area contributed by atoms with Gasteiger partial charge in [0.2, 0.25) is 0 Å². The van der Waals surface area contributed by atoms with E-state index in [1.807, 2.05) is 23.1 Å². The topological polar surface area (TPSA) is 50.8 Å². The van der Waals surface area contributed by atoms with Crippen molar-refractivity contribution in [3.8, 4) is 11.5 Å². The quantitative estimate of drug-likeness (QED) is 0.842. The molecule has 25 heavy (non-hydrogen) atoms. The van der Waals surface area contributed by atoms with Gasteiger partial charge in [-0.05, 0) is 42.0 Å². The molecule has 0 bridgehead atoms. The van der Waals surface area contributed by atoms with Gasteiger partial charge in [0, 0.05) is 23.0 Å². The van der Waals surface area contributed by atoms with Crippen LogP contribution in [0.3, 0.4) is 0 Å². The highest BCUT2D eigenvalue weighted by molar-refractivity contribution is 7.99. The van der Waals surface area contributed by atoms with Crippen molar-refractivity contribution in [1.82, 2.24) is 4.90 Å². The second-order valence-electron chi connectivity index (χ2n) is 5.47. The summed E-state index contributed by atoms with van der Waals surface area (Å²) < 4.78 is 10.7. The van der Waals surface area contributed by atoms with Crippen molar-refractivity contribution in [2.75, 3.05) is 31.8 Å². The molecule has 1 N–H and O–H groups in total. The summed E-state index contributed by atoms with van der Waals surface area (Å²) in [5.74, 6) is 2.21. The number of carbonyl (C=O) groups is 1. The minimum Gasteiger partial charge on any atom is -0.493 e. The van der Waals surface area contributed by atoms with E-state index in [0.29, 0.717) is 23.1 Å². The van der Waals surface area contributed by atoms with Gasteiger partial charge in [-0.3, -0.25) is 0 Å². The summed E-state index contributed by atoms with van der Waals surface area (Å²) >= 11 is 7.61. The number of nitrogens with zero attached hydrogens (tertiary/aromatic N) is 1. The largest absolute Gasteiger partial charge is 0.493 e. The van der Waals surface area contributed by atoms with Crippen molar-refractivity contribution in [2.45, 2.75) is 5.37 Å². The first kappa shape index (κ1) is 17.8. The SMILES string of the molecule is COc1ccc([C@H]2SCCN2C(=O)Nc2ccc(Cl)cc2)cc1OC. The predicted octanol–water partition coefficient (Wildman–Crippen LogP) is 4.64. The first-order valence-electron chi connectivity index (χ1n) is 7.79. The number of thioether (sulfide) groups is 1. The maximum atomic E-state index is 12.7. The van der Waals surface area contributed by atoms with Crippen LogP contribution in [0.1, 0.15) is 10.9 Å². The number of urea groups is 1. The van der Waals surface area contributed by atoms with Gasteiger partial charge in [0.15, 0.2) is 11.5 Å². The van der Waals surface area contributed by atoms with Crippen molar-refractivity contribution in [3.05, 3.63) is 53.1 Å². The zero-order chi connectivity index (χ0) is 17.8. The summed E-state index contributed by atoms with van der Waals surface area (Å²) in [4.78, 5) is 14.5. The standard InChI is InChI=1S/C18H19ClN2O3S/c1-23-15-8-3-12(11-16(15)24-2)17-21(9-10-25-17)18(22)20-14-6-4-13(19)5-7-14/h3-8,11,17H,9-10H2,1-2H3,(H,20,22)/t17-/m1/s1. The lowest BCUT2D eigenvalue weighted by Crippen LogP contribution is -2.34. The molecule has 0 saturated carbocycles. The molecular formula is C18H19ClN2O3S. The molecule has 1 saturated heterocycles. The van der Waals surface area contributed by atoms with E-state index >= 15 is 0 Å². The van der Waals surface area contributed by atoms with Crippen LogP contribution < -0.4 is 14.8 Å². The highest BCUT2D eigenvalue weighted by Gasteiger charge is 2.31. The fraction of sp³-hybridized carbons (Fsp3) is 0.278. The minimum atomic E-state index is -0.132. The van der Waals surface area contributed by atoms with E-state index < -0.39 is 0 Å². The number of anilines is 1. The van der Waals surface area contributed by atoms with E-state index in [4.69, 9.17) is 21.1 Å². The summed E-state index contributed by atoms with van der Waals surface area (Å²) in [6.45, 7) is 0.684. The maximum absolute atomic E-state index is 12.7. The van der Waals surface area contributed by atoms with Crippen molar-refractivity contribution in [3.63, 3.8) is 0 Å². The molecule has 3 rings (SSSR count). The number of amides is 2. The summed E-state index contributed by atoms with van der Waals surface area (Å²) in [7, 11) is 3.21. The first-order valence-corrected chi connectivity index (χ1v) is 9.22. The molecule has 132 valence electrons. The molecule has 1 fully saturated rings. The Morgan fingerprint density at radius 3 is 2.56 bits per heavy atom. The van der Waals surface area contributed by atoms with Crippen molar-refractivity contribution < 1.29 is 14.3 Å². The van der Waals surface area contributed by atoms with Gasteiger partial charge in [0.25, 0.3) is 0 Å². The van der Waals surface area contributed by atoms with Crippen LogP contribution in [0.4, 0.5) is 10.5 Å². The molecule has 1 aliphatic rings. The Morgan fingerprint density at radius 1 is 1.16 bits per heavy atom. The Hall–Kier alpha value is -2.05. The number of nitrogens with one attached hydrogen (secondary N) is 1. The molecule has 2 aromatic rings. The zero-order valence-electron chi connectivity index (χ0n) is 14.0. The van der Waals surface area contributed by atoms with Crippen molar-refractivity contribution in [1.29, 1.82) is 0 Å². The summed E-state index contributed by atoms with van der Waals surface area (Å²) in [6, 6.07) is 12.7. The molecule has 1 heterocycles. The molecule has 0 spiro atoms. The Morgan fingerprint density at radius 2 is 1.88 bits per heavy atom. The molecule has 2 aromatic carbocycles. The fourth-order valence-electron chi connectivity index (χ4n) is 2.69. The average molecular weight is 379 g/mol. The maximum Gasteiger partial charge on any atom is 0.323 e. The van der Waals surface area contributed by atoms with Gasteiger partial charge in [-0.1, -0.05) is 17.7 Å². The van der Waals surface area contributed by atoms with E-state index in [-0.39, 0.29) is 11.4 Å². The van der Waals surface area contributed by atoms with E-state index in [1.165, 1.54) is 0 Å². The van der Waals surface area contributed by atoms with Gasteiger partial charge >= 0.3 is 6.03 Å². The van der Waals surface area contributed by atoms with E-state index in [2.05, 4.69) is 5.32 Å². The predicted molar refractivity (Wildman–Crippen MR) is 102 cm³/mol. The van der Waals surface area contributed by atoms with Crippen LogP contribution in [0, 0.1) is 0 Å². The summed E-state index contributed by atoms with van der Waals surface area (Å²) in [6.07, 6.45) is 0. The van der Waals surface area contributed by atoms with Gasteiger partial charge in [-0.2, -0.15) is 0 Å². The molecule has 0 radical (unpaired) electrons. The van der Waals surface area contributed by atoms with Gasteiger partial charge in [-0.15, -0.1) is 11.8 Å². The Labute approximate surface area is 156 Å². The third kappa shape index (κ3) is 3.96. The van der Waals surface area contributed by atoms with E-state index in [0.717, 1.165) is 17.0 Å². The van der Waals surface area contributed by atoms with Gasteiger partial charge in [0.05, 0.1) is 14.2 Å². The molecule has 0 unspecified atom stereocenters. The Balaban J connectivity index is 1.77. The van der Waals surface area contributed by atoms with Crippen LogP contribution in [0.2, 0.25) is 5.02 Å². The average Bonchev–Trinajstić information content (AvgIpc) is 3.13. The normalized spacial score (nSPS) is 16.6. The van der Waals surface area contributed by atoms with Crippen molar-refractivity contribution in [2.24, 2.45) is 0 Å². The summed E-state index contributed by atoms with van der Waals surface area (Å²) in [5, 5.41) is 3.50. The van der Waals surface area contributed by atoms with Crippen LogP contribution in [-0.2, 0) is 0 Å². The minimum absolute atomic E-state index is 0.0629. The van der Waals surface area contributed by atoms with Gasteiger partial charge in [0.1, 0.15) is 5.37 Å². The number of carbonyl (C=O) groups excluding carboxylic acids is 1. The third-order valence-electron chi connectivity index (χ3n) is 3.94. The number of hydrogen-bond acceptors (Lipinski definition) is 4. The molecule has 0 aliphatic carbocycles. The zero-order valence-corrected chi connectivity index (χ0v) is 15.6. The van der Waals surface area contributed by atoms with Gasteiger partial charge in [-0.25, -0.2) is 4.79 Å². The molecule has 7 heteroatoms. The highest BCUT2D eigenvalue weighted by atomic mass is 35.5. The van der Waals surface area contributed by atoms with Crippen LogP contribution in [0.25, 0.3) is 0 Å². The van der Waals surface area contributed by atoms with Crippen LogP contribution in [0.15, 0.2) is 42.5 Å². The smallest absolute Gasteiger partial charge is 0.323 e. The Kier molecular flexibility index (Phi) is 5.60. The molecular weight excluding hydrogens is 360 g/mol. The third-order valence-corrected chi connectivity index (χ3v) is 5.45. The van der Waals surface area contributed by atoms with Crippen LogP contribution in [-0.4, -0.2) is 37.4 Å². The fourth-order valence-corrected chi connectivity index (χ4v) is 4.06. The molecule has 0 aromatic heterocycles. The monoisotopic (exact) mass is 378 g/mol. The van der Waals surface area contributed by atoms with Gasteiger partial charge < -0.3 is 19.7 Å². The Bertz CT molecular complexity index is 754. The number of ether oxygens (including phenoxy) is 2. The lowest BCUT2D eigenvalue weighted by Gasteiger charge is -2.25. The molecule has 5 nitrogen and oxygen atoms in total. The van der Waals surface area contributed by atoms with E-state index in [1.54, 1.807) is 50.2 Å². The highest BCUT2D eigenvalue weighted by Crippen LogP contribution is 2.41. The van der Waals surface area contributed by atoms with E-state index in [9.17, 15) is 4.79 Å². The first-order chi connectivity index (χ1) is 12.1. The van der Waals surface area contributed by atoms with Crippen LogP contribution in [0.5, 0.6) is 11.5 Å². The molecule has 1 atom stereocenters. The van der Waals surface area contributed by atoms with Crippen molar-refractivity contribution >= 4 is 35.1 Å². The van der Waals surface area contributed by atoms with Crippen LogP contribution >= 0.6 is 23.4 Å². The number of halogens is 1. The lowest BCUT2D eigenvalue weighted by atomic mass is 10.2. The molecule has 2 amide bonds. The summed E-state index contributed by atoms with van der Waals surface area (Å²) in [5.41, 5.74) is 1.73. The second-order valence-corrected chi connectivity index (χ2v) is 7.09. The number of rotatable bonds is 4. The lowest BCUT2D eigenvalue weighted by molar-refractivity contribution is 0.214.